The molecule has 5 bridgehead atoms. The monoisotopic (exact) mass is 542 g/mol. The van der Waals surface area contributed by atoms with E-state index in [2.05, 4.69) is 0 Å². The largest absolute Gasteiger partial charge is 0.458 e. The third-order valence-electron chi connectivity index (χ3n) is 13.0. The van der Waals surface area contributed by atoms with Gasteiger partial charge in [0, 0.05) is 5.92 Å². The van der Waals surface area contributed by atoms with Crippen molar-refractivity contribution in [1.82, 2.24) is 0 Å². The zero-order valence-electron chi connectivity index (χ0n) is 21.8. The van der Waals surface area contributed by atoms with Gasteiger partial charge in [-0.3, -0.25) is 14.4 Å². The summed E-state index contributed by atoms with van der Waals surface area (Å²) < 4.78 is 31.1. The Morgan fingerprint density at radius 2 is 1.85 bits per heavy atom. The van der Waals surface area contributed by atoms with Crippen molar-refractivity contribution in [3.05, 3.63) is 12.2 Å². The molecule has 0 amide bonds. The van der Waals surface area contributed by atoms with Crippen LogP contribution in [-0.4, -0.2) is 86.8 Å². The van der Waals surface area contributed by atoms with Gasteiger partial charge in [-0.15, -0.1) is 0 Å². The van der Waals surface area contributed by atoms with E-state index in [0.717, 1.165) is 0 Å². The first-order chi connectivity index (χ1) is 18.3. The normalized spacial score (nSPS) is 64.7. The van der Waals surface area contributed by atoms with Gasteiger partial charge in [0.15, 0.2) is 28.4 Å². The molecule has 0 aromatic carbocycles. The lowest BCUT2D eigenvalue weighted by molar-refractivity contribution is -0.378. The Bertz CT molecular complexity index is 1370. The van der Waals surface area contributed by atoms with E-state index in [1.54, 1.807) is 19.9 Å². The molecule has 14 atom stereocenters. The van der Waals surface area contributed by atoms with Crippen LogP contribution in [0.25, 0.3) is 0 Å². The number of carbonyl (C=O) groups excluding carboxylic acids is 4. The highest BCUT2D eigenvalue weighted by Gasteiger charge is 2.94. The maximum atomic E-state index is 14.9. The van der Waals surface area contributed by atoms with Crippen LogP contribution in [0, 0.1) is 34.5 Å². The first-order valence-corrected chi connectivity index (χ1v) is 13.9. The molecule has 9 rings (SSSR count). The predicted molar refractivity (Wildman–Crippen MR) is 123 cm³/mol. The highest BCUT2D eigenvalue weighted by molar-refractivity contribution is 6.01. The third-order valence-corrected chi connectivity index (χ3v) is 13.0. The van der Waals surface area contributed by atoms with Crippen molar-refractivity contribution in [2.45, 2.75) is 93.0 Å². The Hall–Kier alpha value is -2.18. The Balaban J connectivity index is 1.34. The van der Waals surface area contributed by atoms with Crippen LogP contribution in [0.3, 0.4) is 0 Å². The molecule has 2 N–H and O–H groups in total. The van der Waals surface area contributed by atoms with Crippen LogP contribution in [0.4, 0.5) is 0 Å². The summed E-state index contributed by atoms with van der Waals surface area (Å²) in [6, 6.07) is 0. The smallest absolute Gasteiger partial charge is 0.342 e. The van der Waals surface area contributed by atoms with Gasteiger partial charge in [0.1, 0.15) is 17.8 Å². The Morgan fingerprint density at radius 3 is 2.62 bits per heavy atom. The average Bonchev–Trinajstić information content (AvgIpc) is 3.52. The van der Waals surface area contributed by atoms with E-state index in [0.29, 0.717) is 0 Å². The summed E-state index contributed by atoms with van der Waals surface area (Å²) in [5.41, 5.74) is -9.28. The minimum absolute atomic E-state index is 0.0472. The fourth-order valence-electron chi connectivity index (χ4n) is 11.0. The topological polar surface area (TPSA) is 158 Å². The number of rotatable bonds is 0. The molecule has 0 aromatic heterocycles. The lowest BCUT2D eigenvalue weighted by Crippen LogP contribution is -2.79. The van der Waals surface area contributed by atoms with Crippen LogP contribution in [0.2, 0.25) is 0 Å². The van der Waals surface area contributed by atoms with E-state index >= 15 is 0 Å². The number of ether oxygens (including phenoxy) is 5. The number of aliphatic hydroxyl groups excluding tert-OH is 1. The maximum Gasteiger partial charge on any atom is 0.342 e. The summed E-state index contributed by atoms with van der Waals surface area (Å²) in [5, 5.41) is 24.0. The number of fused-ring (bicyclic) bond motifs is 4. The molecule has 0 unspecified atom stereocenters. The molecule has 3 aliphatic carbocycles. The minimum atomic E-state index is -2.26. The highest BCUT2D eigenvalue weighted by Crippen LogP contribution is 2.76. The molecule has 11 heteroatoms. The number of aliphatic hydroxyl groups is 2. The van der Waals surface area contributed by atoms with Crippen LogP contribution in [0.15, 0.2) is 12.2 Å². The van der Waals surface area contributed by atoms with Gasteiger partial charge in [0.05, 0.1) is 30.0 Å². The van der Waals surface area contributed by atoms with E-state index < -0.39 is 98.7 Å². The molecule has 9 aliphatic rings. The Labute approximate surface area is 223 Å². The first kappa shape index (κ1) is 23.5. The minimum Gasteiger partial charge on any atom is -0.458 e. The van der Waals surface area contributed by atoms with Gasteiger partial charge in [0.2, 0.25) is 5.79 Å². The number of hydrogen-bond acceptors (Lipinski definition) is 11. The molecule has 6 heterocycles. The third kappa shape index (κ3) is 1.90. The molecule has 39 heavy (non-hydrogen) atoms. The summed E-state index contributed by atoms with van der Waals surface area (Å²) in [6.45, 7) is 4.95. The van der Waals surface area contributed by atoms with E-state index in [1.807, 2.05) is 6.92 Å². The first-order valence-electron chi connectivity index (χ1n) is 13.9. The molecule has 3 spiro atoms. The zero-order valence-corrected chi connectivity index (χ0v) is 21.8. The van der Waals surface area contributed by atoms with Crippen molar-refractivity contribution in [3.8, 4) is 0 Å². The number of carbonyl (C=O) groups is 4. The molecule has 6 aliphatic heterocycles. The SMILES string of the molecule is C[C@@]12C[C@H]3OC(=O)[C@@H]1CO[C@]14O[C@]5([C@H]2C1=O)[C@@](O)(CC[C@H]1[C@H]4C[C@H](O)[C@]24O[C@H]2C=CC(=O)[C@]14C)C(=O)O[C@@]35C. The molecule has 8 fully saturated rings. The van der Waals surface area contributed by atoms with E-state index in [4.69, 9.17) is 23.7 Å². The second-order valence-corrected chi connectivity index (χ2v) is 13.9. The zero-order chi connectivity index (χ0) is 27.3. The van der Waals surface area contributed by atoms with Gasteiger partial charge >= 0.3 is 11.9 Å². The molecule has 2 saturated carbocycles. The van der Waals surface area contributed by atoms with Gasteiger partial charge < -0.3 is 33.9 Å². The van der Waals surface area contributed by atoms with Crippen molar-refractivity contribution >= 4 is 23.5 Å². The van der Waals surface area contributed by atoms with Crippen LogP contribution in [0.1, 0.15) is 46.5 Å². The number of hydrogen-bond donors (Lipinski definition) is 2. The van der Waals surface area contributed by atoms with Crippen molar-refractivity contribution < 1.29 is 53.1 Å². The molecule has 11 nitrogen and oxygen atoms in total. The number of epoxide rings is 1. The van der Waals surface area contributed by atoms with Gasteiger partial charge in [0.25, 0.3) is 0 Å². The highest BCUT2D eigenvalue weighted by atomic mass is 16.8. The summed E-state index contributed by atoms with van der Waals surface area (Å²) in [6.07, 6.45) is 0.918. The second kappa shape index (κ2) is 6.04. The lowest BCUT2D eigenvalue weighted by atomic mass is 9.46. The number of esters is 2. The van der Waals surface area contributed by atoms with Gasteiger partial charge in [-0.2, -0.15) is 0 Å². The lowest BCUT2D eigenvalue weighted by Gasteiger charge is -2.63. The molecule has 208 valence electrons. The van der Waals surface area contributed by atoms with Gasteiger partial charge in [-0.25, -0.2) is 4.79 Å². The maximum absolute atomic E-state index is 14.9. The fraction of sp³-hybridized carbons (Fsp3) is 0.786. The van der Waals surface area contributed by atoms with Crippen molar-refractivity contribution in [3.63, 3.8) is 0 Å². The summed E-state index contributed by atoms with van der Waals surface area (Å²) in [5.74, 6) is -7.64. The molecular weight excluding hydrogens is 512 g/mol. The van der Waals surface area contributed by atoms with Crippen molar-refractivity contribution in [2.75, 3.05) is 6.61 Å². The standard InChI is InChI=1S/C28H30O11/c1-22-9-17-24(3)28-18(22)19(31)27(39-28,35-10-13(22)20(32)36-17)12-8-15(30)26-16(37-26)5-4-14(29)23(26,2)11(12)6-7-25(28,34)21(33)38-24/h4-5,11-13,15-18,30,34H,6-10H2,1-3H3/t11-,12+,13-,15-,16-,17+,18-,22+,23-,24-,25+,26-,27+,28-/m0/s1. The molecule has 6 saturated heterocycles. The van der Waals surface area contributed by atoms with Crippen LogP contribution < -0.4 is 0 Å². The van der Waals surface area contributed by atoms with Gasteiger partial charge in [-0.1, -0.05) is 6.92 Å². The number of allylic oxidation sites excluding steroid dienone is 1. The Morgan fingerprint density at radius 1 is 1.08 bits per heavy atom. The van der Waals surface area contributed by atoms with Crippen molar-refractivity contribution in [2.24, 2.45) is 34.5 Å². The second-order valence-electron chi connectivity index (χ2n) is 13.9. The quantitative estimate of drug-likeness (QED) is 0.307. The average molecular weight is 543 g/mol. The fourth-order valence-corrected chi connectivity index (χ4v) is 11.0. The van der Waals surface area contributed by atoms with E-state index in [1.165, 1.54) is 6.08 Å². The predicted octanol–water partition coefficient (Wildman–Crippen LogP) is -0.261. The summed E-state index contributed by atoms with van der Waals surface area (Å²) >= 11 is 0. The van der Waals surface area contributed by atoms with Crippen LogP contribution in [0.5, 0.6) is 0 Å². The number of Topliss-reactive ketones (excluding diaryl/α,β-unsaturated/α-hetero) is 1. The van der Waals surface area contributed by atoms with Gasteiger partial charge in [-0.05, 0) is 63.0 Å². The van der Waals surface area contributed by atoms with Crippen LogP contribution in [-0.2, 0) is 42.9 Å². The van der Waals surface area contributed by atoms with E-state index in [-0.39, 0.29) is 38.1 Å². The van der Waals surface area contributed by atoms with Crippen LogP contribution >= 0.6 is 0 Å². The number of ketones is 2. The summed E-state index contributed by atoms with van der Waals surface area (Å²) in [7, 11) is 0. The Kier molecular flexibility index (Phi) is 3.64. The summed E-state index contributed by atoms with van der Waals surface area (Å²) in [4.78, 5) is 55.7. The van der Waals surface area contributed by atoms with E-state index in [9.17, 15) is 29.4 Å². The molecular formula is C28H30O11. The molecule has 0 aromatic rings. The molecule has 0 radical (unpaired) electrons. The van der Waals surface area contributed by atoms with Crippen molar-refractivity contribution in [1.29, 1.82) is 0 Å².